The van der Waals surface area contributed by atoms with Crippen molar-refractivity contribution in [2.45, 2.75) is 19.4 Å². The van der Waals surface area contributed by atoms with Crippen LogP contribution in [0.15, 0.2) is 52.4 Å². The number of carbonyl (C=O) groups is 2. The smallest absolute Gasteiger partial charge is 0.252 e. The van der Waals surface area contributed by atoms with Crippen molar-refractivity contribution in [2.24, 2.45) is 15.7 Å². The predicted molar refractivity (Wildman–Crippen MR) is 115 cm³/mol. The summed E-state index contributed by atoms with van der Waals surface area (Å²) in [4.78, 5) is 32.5. The van der Waals surface area contributed by atoms with Gasteiger partial charge in [0.15, 0.2) is 0 Å². The number of rotatable bonds is 4. The highest BCUT2D eigenvalue weighted by Crippen LogP contribution is 2.25. The summed E-state index contributed by atoms with van der Waals surface area (Å²) in [5.74, 6) is -0.787. The van der Waals surface area contributed by atoms with Crippen LogP contribution in [0.5, 0.6) is 0 Å². The molecule has 0 aromatic heterocycles. The Morgan fingerprint density at radius 1 is 1.24 bits per heavy atom. The van der Waals surface area contributed by atoms with Crippen molar-refractivity contribution < 1.29 is 9.59 Å². The lowest BCUT2D eigenvalue weighted by molar-refractivity contribution is -0.123. The first-order chi connectivity index (χ1) is 13.8. The first-order valence-corrected chi connectivity index (χ1v) is 9.37. The first-order valence-electron chi connectivity index (χ1n) is 8.61. The minimum Gasteiger partial charge on any atom is -0.369 e. The number of amides is 2. The number of anilines is 2. The van der Waals surface area contributed by atoms with Gasteiger partial charge < -0.3 is 16.4 Å². The number of benzene rings is 2. The Hall–Kier alpha value is -3.10. The number of aryl methyl sites for hydroxylation is 1. The second-order valence-corrected chi connectivity index (χ2v) is 7.17. The Balaban J connectivity index is 1.63. The zero-order valence-electron chi connectivity index (χ0n) is 15.4. The highest BCUT2D eigenvalue weighted by Gasteiger charge is 2.29. The van der Waals surface area contributed by atoms with Crippen LogP contribution in [0.1, 0.15) is 12.0 Å². The molecule has 0 bridgehead atoms. The molecule has 2 aromatic rings. The second kappa shape index (κ2) is 8.93. The van der Waals surface area contributed by atoms with Crippen molar-refractivity contribution in [2.75, 3.05) is 10.6 Å². The lowest BCUT2D eigenvalue weighted by Crippen LogP contribution is -2.32. The number of halogens is 2. The molecule has 2 amide bonds. The van der Waals surface area contributed by atoms with Gasteiger partial charge in [-0.3, -0.25) is 14.9 Å². The Labute approximate surface area is 177 Å². The van der Waals surface area contributed by atoms with Crippen LogP contribution in [0.4, 0.5) is 11.4 Å². The maximum atomic E-state index is 12.2. The van der Waals surface area contributed by atoms with Gasteiger partial charge in [0.25, 0.3) is 5.91 Å². The van der Waals surface area contributed by atoms with Gasteiger partial charge in [-0.1, -0.05) is 35.3 Å². The molecule has 1 atom stereocenters. The molecule has 1 aliphatic rings. The molecule has 3 rings (SSSR count). The van der Waals surface area contributed by atoms with Crippen LogP contribution in [-0.4, -0.2) is 29.8 Å². The Morgan fingerprint density at radius 2 is 2.03 bits per heavy atom. The number of nitrogens with zero attached hydrogens (tertiary/aromatic N) is 2. The molecule has 5 N–H and O–H groups in total. The first kappa shape index (κ1) is 20.6. The molecular formula is C19H18Cl2N6O2. The Bertz CT molecular complexity index is 1020. The number of hydrogen-bond donors (Lipinski definition) is 4. The molecule has 8 nitrogen and oxygen atoms in total. The molecule has 29 heavy (non-hydrogen) atoms. The van der Waals surface area contributed by atoms with Crippen LogP contribution < -0.4 is 21.7 Å². The summed E-state index contributed by atoms with van der Waals surface area (Å²) in [6, 6.07) is 11.3. The number of carbonyl (C=O) groups excluding carboxylic acids is 2. The summed E-state index contributed by atoms with van der Waals surface area (Å²) in [5.41, 5.74) is 8.03. The Morgan fingerprint density at radius 3 is 2.79 bits per heavy atom. The van der Waals surface area contributed by atoms with Crippen molar-refractivity contribution in [1.82, 2.24) is 5.32 Å². The number of aliphatic imine (C=N–C) groups is 2. The van der Waals surface area contributed by atoms with Crippen LogP contribution in [0, 0.1) is 6.92 Å². The molecule has 0 fully saturated rings. The van der Waals surface area contributed by atoms with E-state index < -0.39 is 17.9 Å². The fourth-order valence-corrected chi connectivity index (χ4v) is 2.95. The lowest BCUT2D eigenvalue weighted by atomic mass is 10.2. The zero-order chi connectivity index (χ0) is 21.0. The molecule has 2 aromatic carbocycles. The topological polar surface area (TPSA) is 121 Å². The molecule has 10 heteroatoms. The van der Waals surface area contributed by atoms with Gasteiger partial charge >= 0.3 is 0 Å². The van der Waals surface area contributed by atoms with E-state index in [0.717, 1.165) is 11.3 Å². The molecule has 0 spiro atoms. The summed E-state index contributed by atoms with van der Waals surface area (Å²) in [6.45, 7) is 1.95. The highest BCUT2D eigenvalue weighted by atomic mass is 35.5. The van der Waals surface area contributed by atoms with Gasteiger partial charge in [-0.25, -0.2) is 4.99 Å². The molecule has 0 aliphatic carbocycles. The maximum absolute atomic E-state index is 12.2. The number of nitrogens with one attached hydrogen (secondary N) is 3. The average molecular weight is 433 g/mol. The molecule has 1 aliphatic heterocycles. The van der Waals surface area contributed by atoms with Gasteiger partial charge in [0, 0.05) is 10.7 Å². The molecule has 0 saturated heterocycles. The van der Waals surface area contributed by atoms with E-state index in [0.29, 0.717) is 15.7 Å². The van der Waals surface area contributed by atoms with E-state index in [-0.39, 0.29) is 18.3 Å². The Kier molecular flexibility index (Phi) is 6.36. The standard InChI is InChI=1S/C19H18Cl2N6O2/c1-10-3-2-4-12(7-10)23-18(22)27-19-25-15(17(29)26-19)9-16(28)24-14-8-11(20)5-6-13(14)21/h2-8,15H,9H2,1H3,(H,24,28)(H4,22,23,25,26,27,29). The summed E-state index contributed by atoms with van der Waals surface area (Å²) in [7, 11) is 0. The van der Waals surface area contributed by atoms with Crippen LogP contribution in [0.2, 0.25) is 10.0 Å². The average Bonchev–Trinajstić information content (AvgIpc) is 2.96. The summed E-state index contributed by atoms with van der Waals surface area (Å²) in [6.07, 6.45) is -0.182. The van der Waals surface area contributed by atoms with E-state index in [1.165, 1.54) is 6.07 Å². The monoisotopic (exact) mass is 432 g/mol. The van der Waals surface area contributed by atoms with Crippen molar-refractivity contribution in [1.29, 1.82) is 0 Å². The molecule has 1 unspecified atom stereocenters. The van der Waals surface area contributed by atoms with Gasteiger partial charge in [0.1, 0.15) is 6.04 Å². The maximum Gasteiger partial charge on any atom is 0.252 e. The van der Waals surface area contributed by atoms with Gasteiger partial charge in [0.05, 0.1) is 17.1 Å². The number of hydrogen-bond acceptors (Lipinski definition) is 4. The largest absolute Gasteiger partial charge is 0.369 e. The SMILES string of the molecule is Cc1cccc(N/C(N)=N/C2=NC(CC(=O)Nc3cc(Cl)ccc3Cl)C(=O)N2)c1. The highest BCUT2D eigenvalue weighted by molar-refractivity contribution is 6.35. The molecular weight excluding hydrogens is 415 g/mol. The number of nitrogens with two attached hydrogens (primary N) is 1. The fourth-order valence-electron chi connectivity index (χ4n) is 2.61. The third-order valence-electron chi connectivity index (χ3n) is 3.91. The van der Waals surface area contributed by atoms with E-state index in [9.17, 15) is 9.59 Å². The molecule has 150 valence electrons. The summed E-state index contributed by atoms with van der Waals surface area (Å²) < 4.78 is 0. The molecule has 0 radical (unpaired) electrons. The van der Waals surface area contributed by atoms with E-state index in [1.807, 2.05) is 31.2 Å². The minimum absolute atomic E-state index is 0.0336. The van der Waals surface area contributed by atoms with E-state index in [1.54, 1.807) is 12.1 Å². The summed E-state index contributed by atoms with van der Waals surface area (Å²) in [5, 5.41) is 8.79. The van der Waals surface area contributed by atoms with E-state index in [2.05, 4.69) is 25.9 Å². The minimum atomic E-state index is -0.918. The zero-order valence-corrected chi connectivity index (χ0v) is 16.9. The van der Waals surface area contributed by atoms with Gasteiger partial charge in [0.2, 0.25) is 17.8 Å². The van der Waals surface area contributed by atoms with Crippen LogP contribution >= 0.6 is 23.2 Å². The molecule has 0 saturated carbocycles. The third kappa shape index (κ3) is 5.69. The van der Waals surface area contributed by atoms with Gasteiger partial charge in [-0.15, -0.1) is 0 Å². The van der Waals surface area contributed by atoms with Crippen molar-refractivity contribution in [3.8, 4) is 0 Å². The van der Waals surface area contributed by atoms with E-state index in [4.69, 9.17) is 28.9 Å². The normalized spacial score (nSPS) is 16.2. The van der Waals surface area contributed by atoms with Crippen LogP contribution in [-0.2, 0) is 9.59 Å². The number of guanidine groups is 2. The van der Waals surface area contributed by atoms with Crippen molar-refractivity contribution in [3.63, 3.8) is 0 Å². The van der Waals surface area contributed by atoms with Crippen molar-refractivity contribution in [3.05, 3.63) is 58.1 Å². The second-order valence-electron chi connectivity index (χ2n) is 6.33. The van der Waals surface area contributed by atoms with Gasteiger partial charge in [-0.05, 0) is 42.8 Å². The quantitative estimate of drug-likeness (QED) is 0.438. The predicted octanol–water partition coefficient (Wildman–Crippen LogP) is 2.91. The van der Waals surface area contributed by atoms with E-state index >= 15 is 0 Å². The fraction of sp³-hybridized carbons (Fsp3) is 0.158. The lowest BCUT2D eigenvalue weighted by Gasteiger charge is -2.08. The van der Waals surface area contributed by atoms with Gasteiger partial charge in [-0.2, -0.15) is 4.99 Å². The third-order valence-corrected chi connectivity index (χ3v) is 4.48. The van der Waals surface area contributed by atoms with Crippen molar-refractivity contribution >= 4 is 58.3 Å². The molecule has 1 heterocycles. The summed E-state index contributed by atoms with van der Waals surface area (Å²) >= 11 is 11.9. The van der Waals surface area contributed by atoms with Crippen LogP contribution in [0.3, 0.4) is 0 Å². The van der Waals surface area contributed by atoms with Crippen LogP contribution in [0.25, 0.3) is 0 Å².